The molecule has 0 spiro atoms. The van der Waals surface area contributed by atoms with Crippen LogP contribution in [0, 0.1) is 0 Å². The van der Waals surface area contributed by atoms with Gasteiger partial charge in [0.05, 0.1) is 6.20 Å². The average molecular weight is 316 g/mol. The highest BCUT2D eigenvalue weighted by Gasteiger charge is 2.25. The maximum Gasteiger partial charge on any atom is 0.243 e. The van der Waals surface area contributed by atoms with Crippen LogP contribution in [0.15, 0.2) is 17.3 Å². The van der Waals surface area contributed by atoms with Crippen molar-refractivity contribution in [1.82, 2.24) is 19.4 Å². The summed E-state index contributed by atoms with van der Waals surface area (Å²) in [4.78, 5) is 2.48. The van der Waals surface area contributed by atoms with Crippen LogP contribution in [0.2, 0.25) is 0 Å². The number of nitrogens with zero attached hydrogens (tertiary/aromatic N) is 3. The Morgan fingerprint density at radius 1 is 1.52 bits per heavy atom. The number of sulfonamides is 1. The number of likely N-dealkylation sites (tertiary alicyclic amines) is 1. The Hall–Kier alpha value is -0.960. The third kappa shape index (κ3) is 4.26. The van der Waals surface area contributed by atoms with Crippen molar-refractivity contribution < 1.29 is 13.5 Å². The molecule has 0 aromatic carbocycles. The van der Waals surface area contributed by atoms with Crippen molar-refractivity contribution in [2.45, 2.75) is 43.7 Å². The predicted octanol–water partition coefficient (Wildman–Crippen LogP) is 0.0281. The van der Waals surface area contributed by atoms with Crippen LogP contribution in [0.4, 0.5) is 0 Å². The Morgan fingerprint density at radius 2 is 2.33 bits per heavy atom. The molecule has 1 aliphatic rings. The number of aliphatic hydroxyl groups is 1. The van der Waals surface area contributed by atoms with Crippen molar-refractivity contribution in [1.29, 1.82) is 0 Å². The Bertz CT molecular complexity index is 543. The van der Waals surface area contributed by atoms with E-state index in [-0.39, 0.29) is 17.5 Å². The van der Waals surface area contributed by atoms with Gasteiger partial charge in [-0.2, -0.15) is 5.10 Å². The van der Waals surface area contributed by atoms with Crippen LogP contribution in [0.1, 0.15) is 26.2 Å². The molecule has 0 bridgehead atoms. The highest BCUT2D eigenvalue weighted by Crippen LogP contribution is 2.16. The van der Waals surface area contributed by atoms with Crippen molar-refractivity contribution >= 4 is 10.0 Å². The second-order valence-corrected chi connectivity index (χ2v) is 7.06. The van der Waals surface area contributed by atoms with Gasteiger partial charge in [0.1, 0.15) is 4.90 Å². The van der Waals surface area contributed by atoms with Crippen molar-refractivity contribution in [3.05, 3.63) is 12.4 Å². The summed E-state index contributed by atoms with van der Waals surface area (Å²) in [5.41, 5.74) is 0. The van der Waals surface area contributed by atoms with E-state index in [2.05, 4.69) is 21.6 Å². The van der Waals surface area contributed by atoms with Gasteiger partial charge in [-0.15, -0.1) is 0 Å². The van der Waals surface area contributed by atoms with Gasteiger partial charge >= 0.3 is 0 Å². The normalized spacial score (nSPS) is 20.2. The number of hydrogen-bond acceptors (Lipinski definition) is 5. The molecule has 1 atom stereocenters. The number of hydrogen-bond donors (Lipinski definition) is 2. The lowest BCUT2D eigenvalue weighted by molar-refractivity contribution is 0.268. The van der Waals surface area contributed by atoms with E-state index in [1.165, 1.54) is 12.4 Å². The lowest BCUT2D eigenvalue weighted by Gasteiger charge is -2.22. The summed E-state index contributed by atoms with van der Waals surface area (Å²) in [6, 6.07) is 0.286. The molecule has 1 saturated heterocycles. The molecule has 2 heterocycles. The maximum atomic E-state index is 12.2. The fraction of sp³-hybridized carbons (Fsp3) is 0.769. The number of nitrogens with one attached hydrogen (secondary N) is 1. The van der Waals surface area contributed by atoms with Crippen LogP contribution >= 0.6 is 0 Å². The zero-order chi connectivity index (χ0) is 15.3. The molecule has 1 fully saturated rings. The van der Waals surface area contributed by atoms with E-state index in [0.29, 0.717) is 19.5 Å². The van der Waals surface area contributed by atoms with Crippen molar-refractivity contribution in [3.8, 4) is 0 Å². The maximum absolute atomic E-state index is 12.2. The minimum Gasteiger partial charge on any atom is -0.396 e. The monoisotopic (exact) mass is 316 g/mol. The zero-order valence-electron chi connectivity index (χ0n) is 12.4. The molecule has 1 aromatic rings. The van der Waals surface area contributed by atoms with E-state index >= 15 is 0 Å². The lowest BCUT2D eigenvalue weighted by Crippen LogP contribution is -2.39. The van der Waals surface area contributed by atoms with Gasteiger partial charge in [-0.25, -0.2) is 13.1 Å². The minimum absolute atomic E-state index is 0.0642. The first-order valence-electron chi connectivity index (χ1n) is 7.44. The van der Waals surface area contributed by atoms with Crippen molar-refractivity contribution in [2.24, 2.45) is 0 Å². The Kier molecular flexibility index (Phi) is 5.74. The first kappa shape index (κ1) is 16.4. The first-order valence-corrected chi connectivity index (χ1v) is 8.92. The average Bonchev–Trinajstić information content (AvgIpc) is 3.12. The van der Waals surface area contributed by atoms with E-state index in [1.807, 2.05) is 0 Å². The van der Waals surface area contributed by atoms with E-state index < -0.39 is 10.0 Å². The van der Waals surface area contributed by atoms with Gasteiger partial charge in [0.15, 0.2) is 0 Å². The molecular formula is C13H24N4O3S. The van der Waals surface area contributed by atoms with Crippen LogP contribution in [0.25, 0.3) is 0 Å². The number of likely N-dealkylation sites (N-methyl/N-ethyl adjacent to an activating group) is 1. The second-order valence-electron chi connectivity index (χ2n) is 5.29. The smallest absolute Gasteiger partial charge is 0.243 e. The van der Waals surface area contributed by atoms with Gasteiger partial charge in [0.25, 0.3) is 0 Å². The summed E-state index contributed by atoms with van der Waals surface area (Å²) in [6.07, 6.45) is 5.57. The molecule has 0 saturated carbocycles. The third-order valence-corrected chi connectivity index (χ3v) is 5.26. The standard InChI is InChI=1S/C13H24N4O3S/c1-2-16-6-3-5-12(16)9-15-21(19,20)13-10-14-17(11-13)7-4-8-18/h10-12,15,18H,2-9H2,1H3. The summed E-state index contributed by atoms with van der Waals surface area (Å²) >= 11 is 0. The third-order valence-electron chi connectivity index (χ3n) is 3.88. The first-order chi connectivity index (χ1) is 10.1. The van der Waals surface area contributed by atoms with Gasteiger partial charge in [0.2, 0.25) is 10.0 Å². The second kappa shape index (κ2) is 7.35. The Balaban J connectivity index is 1.93. The van der Waals surface area contributed by atoms with Gasteiger partial charge in [-0.1, -0.05) is 6.92 Å². The van der Waals surface area contributed by atoms with Crippen LogP contribution in [0.3, 0.4) is 0 Å². The fourth-order valence-corrected chi connectivity index (χ4v) is 3.70. The molecule has 7 nitrogen and oxygen atoms in total. The quantitative estimate of drug-likeness (QED) is 0.706. The molecule has 2 rings (SSSR count). The zero-order valence-corrected chi connectivity index (χ0v) is 13.2. The van der Waals surface area contributed by atoms with Crippen LogP contribution in [-0.2, 0) is 16.6 Å². The molecule has 2 N–H and O–H groups in total. The van der Waals surface area contributed by atoms with Crippen molar-refractivity contribution in [2.75, 3.05) is 26.2 Å². The number of rotatable bonds is 8. The molecule has 1 unspecified atom stereocenters. The van der Waals surface area contributed by atoms with Gasteiger partial charge in [-0.05, 0) is 32.4 Å². The molecule has 120 valence electrons. The highest BCUT2D eigenvalue weighted by molar-refractivity contribution is 7.89. The molecule has 0 radical (unpaired) electrons. The summed E-state index contributed by atoms with van der Waals surface area (Å²) in [5.74, 6) is 0. The van der Waals surface area contributed by atoms with E-state index in [4.69, 9.17) is 5.11 Å². The van der Waals surface area contributed by atoms with Crippen LogP contribution in [0.5, 0.6) is 0 Å². The molecule has 0 amide bonds. The molecule has 21 heavy (non-hydrogen) atoms. The Morgan fingerprint density at radius 3 is 3.05 bits per heavy atom. The number of aliphatic hydroxyl groups excluding tert-OH is 1. The van der Waals surface area contributed by atoms with E-state index in [0.717, 1.165) is 25.9 Å². The van der Waals surface area contributed by atoms with E-state index in [9.17, 15) is 8.42 Å². The Labute approximate surface area is 126 Å². The lowest BCUT2D eigenvalue weighted by atomic mass is 10.2. The summed E-state index contributed by atoms with van der Waals surface area (Å²) < 4.78 is 28.7. The summed E-state index contributed by atoms with van der Waals surface area (Å²) in [5, 5.41) is 12.8. The molecule has 0 aliphatic carbocycles. The predicted molar refractivity (Wildman–Crippen MR) is 79.4 cm³/mol. The SMILES string of the molecule is CCN1CCCC1CNS(=O)(=O)c1cnn(CCCO)c1. The molecule has 1 aliphatic heterocycles. The van der Waals surface area contributed by atoms with Gasteiger partial charge in [-0.3, -0.25) is 9.58 Å². The van der Waals surface area contributed by atoms with Gasteiger partial charge in [0, 0.05) is 31.9 Å². The van der Waals surface area contributed by atoms with E-state index in [1.54, 1.807) is 4.68 Å². The largest absolute Gasteiger partial charge is 0.396 e. The summed E-state index contributed by atoms with van der Waals surface area (Å²) in [6.45, 7) is 5.11. The number of aromatic nitrogens is 2. The topological polar surface area (TPSA) is 87.5 Å². The fourth-order valence-electron chi connectivity index (χ4n) is 2.67. The van der Waals surface area contributed by atoms with Crippen molar-refractivity contribution in [3.63, 3.8) is 0 Å². The molecule has 1 aromatic heterocycles. The summed E-state index contributed by atoms with van der Waals surface area (Å²) in [7, 11) is -3.51. The molecule has 8 heteroatoms. The molecular weight excluding hydrogens is 292 g/mol. The van der Waals surface area contributed by atoms with Gasteiger partial charge < -0.3 is 5.11 Å². The highest BCUT2D eigenvalue weighted by atomic mass is 32.2. The van der Waals surface area contributed by atoms with Crippen LogP contribution in [-0.4, -0.2) is 60.5 Å². The minimum atomic E-state index is -3.51. The van der Waals surface area contributed by atoms with Crippen LogP contribution < -0.4 is 4.72 Å². The number of aryl methyl sites for hydroxylation is 1.